The van der Waals surface area contributed by atoms with E-state index >= 15 is 0 Å². The summed E-state index contributed by atoms with van der Waals surface area (Å²) in [7, 11) is -3.79. The highest BCUT2D eigenvalue weighted by molar-refractivity contribution is 7.98. The first kappa shape index (κ1) is 24.8. The van der Waals surface area contributed by atoms with E-state index in [0.29, 0.717) is 18.7 Å². The largest absolute Gasteiger partial charge is 0.351 e. The van der Waals surface area contributed by atoms with Crippen LogP contribution in [0.2, 0.25) is 0 Å². The van der Waals surface area contributed by atoms with Gasteiger partial charge in [-0.2, -0.15) is 16.5 Å². The van der Waals surface area contributed by atoms with Gasteiger partial charge in [0.05, 0.1) is 4.90 Å². The van der Waals surface area contributed by atoms with Crippen molar-refractivity contribution in [3.05, 3.63) is 65.2 Å². The number of aryl methyl sites for hydroxylation is 1. The van der Waals surface area contributed by atoms with Gasteiger partial charge in [0.1, 0.15) is 6.04 Å². The van der Waals surface area contributed by atoms with Gasteiger partial charge in [-0.1, -0.05) is 42.0 Å². The molecule has 1 amide bonds. The van der Waals surface area contributed by atoms with Gasteiger partial charge in [-0.15, -0.1) is 0 Å². The minimum absolute atomic E-state index is 0.168. The van der Waals surface area contributed by atoms with E-state index in [1.807, 2.05) is 31.4 Å². The second-order valence-electron chi connectivity index (χ2n) is 8.24. The molecule has 2 aromatic carbocycles. The number of thioether (sulfide) groups is 1. The van der Waals surface area contributed by atoms with Crippen molar-refractivity contribution in [1.82, 2.24) is 14.9 Å². The van der Waals surface area contributed by atoms with Crippen molar-refractivity contribution in [3.8, 4) is 0 Å². The molecule has 32 heavy (non-hydrogen) atoms. The fraction of sp³-hybridized carbons (Fsp3) is 0.458. The van der Waals surface area contributed by atoms with Crippen LogP contribution in [0.25, 0.3) is 0 Å². The number of nitrogens with zero attached hydrogens (tertiary/aromatic N) is 1. The molecule has 1 aliphatic rings. The zero-order chi connectivity index (χ0) is 23.0. The molecule has 2 N–H and O–H groups in total. The number of carbonyl (C=O) groups excluding carboxylic acids is 1. The Hall–Kier alpha value is -1.87. The van der Waals surface area contributed by atoms with Gasteiger partial charge in [-0.05, 0) is 74.5 Å². The first-order chi connectivity index (χ1) is 15.4. The summed E-state index contributed by atoms with van der Waals surface area (Å²) in [6.07, 6.45) is 4.83. The monoisotopic (exact) mass is 475 g/mol. The van der Waals surface area contributed by atoms with Gasteiger partial charge in [-0.3, -0.25) is 9.69 Å². The van der Waals surface area contributed by atoms with Crippen LogP contribution in [0, 0.1) is 6.92 Å². The molecule has 1 heterocycles. The van der Waals surface area contributed by atoms with Gasteiger partial charge in [-0.25, -0.2) is 8.42 Å². The molecular weight excluding hydrogens is 442 g/mol. The van der Waals surface area contributed by atoms with Gasteiger partial charge in [0.15, 0.2) is 0 Å². The van der Waals surface area contributed by atoms with E-state index in [4.69, 9.17) is 0 Å². The number of rotatable bonds is 11. The Morgan fingerprint density at radius 3 is 2.38 bits per heavy atom. The summed E-state index contributed by atoms with van der Waals surface area (Å²) in [6.45, 7) is 5.38. The van der Waals surface area contributed by atoms with E-state index in [-0.39, 0.29) is 10.8 Å². The number of likely N-dealkylation sites (tertiary alicyclic amines) is 1. The van der Waals surface area contributed by atoms with Crippen molar-refractivity contribution in [2.24, 2.45) is 0 Å². The summed E-state index contributed by atoms with van der Waals surface area (Å²) < 4.78 is 28.3. The van der Waals surface area contributed by atoms with Crippen LogP contribution in [-0.4, -0.2) is 50.4 Å². The minimum Gasteiger partial charge on any atom is -0.351 e. The molecule has 2 aromatic rings. The van der Waals surface area contributed by atoms with Crippen molar-refractivity contribution < 1.29 is 13.2 Å². The lowest BCUT2D eigenvalue weighted by Gasteiger charge is -2.20. The molecule has 0 aromatic heterocycles. The molecule has 1 atom stereocenters. The first-order valence-electron chi connectivity index (χ1n) is 11.0. The van der Waals surface area contributed by atoms with E-state index in [9.17, 15) is 13.2 Å². The molecule has 0 bridgehead atoms. The first-order valence-corrected chi connectivity index (χ1v) is 13.9. The maximum absolute atomic E-state index is 13.0. The highest BCUT2D eigenvalue weighted by Gasteiger charge is 2.25. The Balaban J connectivity index is 1.67. The summed E-state index contributed by atoms with van der Waals surface area (Å²) in [5, 5.41) is 2.96. The van der Waals surface area contributed by atoms with Gasteiger partial charge in [0.2, 0.25) is 15.9 Å². The fourth-order valence-electron chi connectivity index (χ4n) is 3.82. The molecule has 1 aliphatic heterocycles. The van der Waals surface area contributed by atoms with Gasteiger partial charge >= 0.3 is 0 Å². The summed E-state index contributed by atoms with van der Waals surface area (Å²) >= 11 is 1.59. The number of amides is 1. The van der Waals surface area contributed by atoms with Crippen LogP contribution in [0.4, 0.5) is 0 Å². The highest BCUT2D eigenvalue weighted by Crippen LogP contribution is 2.17. The summed E-state index contributed by atoms with van der Waals surface area (Å²) in [6, 6.07) is 13.9. The summed E-state index contributed by atoms with van der Waals surface area (Å²) in [5.74, 6) is 0.380. The third kappa shape index (κ3) is 7.07. The third-order valence-corrected chi connectivity index (χ3v) is 7.85. The fourth-order valence-corrected chi connectivity index (χ4v) is 5.52. The SMILES string of the molecule is CSCCC(NS(=O)(=O)c1ccc(C)cc1)C(=O)NCc1ccccc1CN1CCCC1. The maximum Gasteiger partial charge on any atom is 0.241 e. The molecule has 1 saturated heterocycles. The average Bonchev–Trinajstić information content (AvgIpc) is 3.29. The second kappa shape index (κ2) is 11.8. The van der Waals surface area contributed by atoms with Crippen LogP contribution in [0.15, 0.2) is 53.4 Å². The molecule has 0 saturated carbocycles. The predicted molar refractivity (Wildman–Crippen MR) is 131 cm³/mol. The van der Waals surface area contributed by atoms with E-state index in [2.05, 4.69) is 21.0 Å². The molecule has 8 heteroatoms. The standard InChI is InChI=1S/C24H33N3O3S2/c1-19-9-11-22(12-10-19)32(29,30)26-23(13-16-31-2)24(28)25-17-20-7-3-4-8-21(20)18-27-14-5-6-15-27/h3-4,7-12,23,26H,5-6,13-18H2,1-2H3,(H,25,28). The number of carbonyl (C=O) groups is 1. The molecule has 0 aliphatic carbocycles. The van der Waals surface area contributed by atoms with Crippen molar-refractivity contribution >= 4 is 27.7 Å². The Morgan fingerprint density at radius 1 is 1.06 bits per heavy atom. The van der Waals surface area contributed by atoms with E-state index in [1.165, 1.54) is 18.4 Å². The van der Waals surface area contributed by atoms with Crippen molar-refractivity contribution in [1.29, 1.82) is 0 Å². The van der Waals surface area contributed by atoms with Crippen molar-refractivity contribution in [2.75, 3.05) is 25.1 Å². The Morgan fingerprint density at radius 2 is 1.72 bits per heavy atom. The molecule has 1 unspecified atom stereocenters. The lowest BCUT2D eigenvalue weighted by atomic mass is 10.1. The number of sulfonamides is 1. The molecule has 0 spiro atoms. The van der Waals surface area contributed by atoms with Crippen LogP contribution in [0.5, 0.6) is 0 Å². The van der Waals surface area contributed by atoms with E-state index in [0.717, 1.165) is 30.8 Å². The molecular formula is C24H33N3O3S2. The van der Waals surface area contributed by atoms with Crippen LogP contribution in [0.3, 0.4) is 0 Å². The normalized spacial score (nSPS) is 15.6. The Bertz CT molecular complexity index is 988. The lowest BCUT2D eigenvalue weighted by Crippen LogP contribution is -2.46. The quantitative estimate of drug-likeness (QED) is 0.521. The number of nitrogens with one attached hydrogen (secondary N) is 2. The zero-order valence-corrected chi connectivity index (χ0v) is 20.5. The highest BCUT2D eigenvalue weighted by atomic mass is 32.2. The van der Waals surface area contributed by atoms with Crippen LogP contribution in [0.1, 0.15) is 36.0 Å². The Kier molecular flexibility index (Phi) is 9.16. The van der Waals surface area contributed by atoms with Gasteiger partial charge in [0, 0.05) is 13.1 Å². The second-order valence-corrected chi connectivity index (χ2v) is 10.9. The summed E-state index contributed by atoms with van der Waals surface area (Å²) in [4.78, 5) is 15.6. The zero-order valence-electron chi connectivity index (χ0n) is 18.8. The van der Waals surface area contributed by atoms with Crippen molar-refractivity contribution in [2.45, 2.75) is 50.2 Å². The van der Waals surface area contributed by atoms with E-state index in [1.54, 1.807) is 36.0 Å². The molecule has 1 fully saturated rings. The molecule has 0 radical (unpaired) electrons. The predicted octanol–water partition coefficient (Wildman–Crippen LogP) is 3.31. The molecule has 6 nitrogen and oxygen atoms in total. The minimum atomic E-state index is -3.79. The van der Waals surface area contributed by atoms with Gasteiger partial charge in [0.25, 0.3) is 0 Å². The number of hydrogen-bond acceptors (Lipinski definition) is 5. The number of hydrogen-bond donors (Lipinski definition) is 2. The van der Waals surface area contributed by atoms with E-state index < -0.39 is 16.1 Å². The lowest BCUT2D eigenvalue weighted by molar-refractivity contribution is -0.122. The third-order valence-electron chi connectivity index (χ3n) is 5.72. The smallest absolute Gasteiger partial charge is 0.241 e. The summed E-state index contributed by atoms with van der Waals surface area (Å²) in [5.41, 5.74) is 3.25. The average molecular weight is 476 g/mol. The Labute approximate surface area is 196 Å². The topological polar surface area (TPSA) is 78.5 Å². The number of benzene rings is 2. The maximum atomic E-state index is 13.0. The van der Waals surface area contributed by atoms with Crippen LogP contribution in [-0.2, 0) is 27.9 Å². The van der Waals surface area contributed by atoms with Crippen LogP contribution < -0.4 is 10.0 Å². The van der Waals surface area contributed by atoms with Gasteiger partial charge < -0.3 is 5.32 Å². The van der Waals surface area contributed by atoms with Crippen molar-refractivity contribution in [3.63, 3.8) is 0 Å². The molecule has 3 rings (SSSR count). The molecule has 174 valence electrons. The van der Waals surface area contributed by atoms with Crippen LogP contribution >= 0.6 is 11.8 Å².